The number of rotatable bonds is 7. The van der Waals surface area contributed by atoms with Gasteiger partial charge in [-0.25, -0.2) is 4.98 Å². The minimum atomic E-state index is -0.0875. The third-order valence-electron chi connectivity index (χ3n) is 6.05. The predicted octanol–water partition coefficient (Wildman–Crippen LogP) is 4.48. The molecule has 3 aromatic rings. The van der Waals surface area contributed by atoms with Gasteiger partial charge < -0.3 is 4.74 Å². The van der Waals surface area contributed by atoms with Crippen molar-refractivity contribution in [1.29, 1.82) is 0 Å². The van der Waals surface area contributed by atoms with Crippen LogP contribution >= 0.6 is 11.3 Å². The molecule has 1 aliphatic rings. The number of thiazole rings is 1. The number of Topliss-reactive ketones (excluding diaryl/α,β-unsaturated/α-hetero) is 1. The molecule has 1 aliphatic heterocycles. The summed E-state index contributed by atoms with van der Waals surface area (Å²) in [6.45, 7) is 10.6. The molecule has 1 saturated heterocycles. The summed E-state index contributed by atoms with van der Waals surface area (Å²) in [6.07, 6.45) is 0.852. The van der Waals surface area contributed by atoms with E-state index in [1.165, 1.54) is 12.5 Å². The fourth-order valence-electron chi connectivity index (χ4n) is 3.89. The van der Waals surface area contributed by atoms with Crippen LogP contribution in [0.2, 0.25) is 0 Å². The number of ether oxygens (including phenoxy) is 1. The monoisotopic (exact) mass is 451 g/mol. The highest BCUT2D eigenvalue weighted by Crippen LogP contribution is 2.32. The minimum Gasteiger partial charge on any atom is -0.379 e. The largest absolute Gasteiger partial charge is 0.379 e. The van der Waals surface area contributed by atoms with E-state index < -0.39 is 0 Å². The van der Waals surface area contributed by atoms with Crippen LogP contribution in [0.1, 0.15) is 45.2 Å². The summed E-state index contributed by atoms with van der Waals surface area (Å²) < 4.78 is 6.52. The van der Waals surface area contributed by atoms with Gasteiger partial charge in [-0.2, -0.15) is 0 Å². The molecule has 6 nitrogen and oxygen atoms in total. The second-order valence-corrected chi connectivity index (χ2v) is 9.26. The van der Waals surface area contributed by atoms with Crippen LogP contribution in [0.3, 0.4) is 0 Å². The molecule has 0 bridgehead atoms. The first-order valence-corrected chi connectivity index (χ1v) is 11.9. The van der Waals surface area contributed by atoms with Crippen molar-refractivity contribution in [1.82, 2.24) is 9.88 Å². The van der Waals surface area contributed by atoms with Crippen molar-refractivity contribution in [3.63, 3.8) is 0 Å². The molecule has 0 aliphatic carbocycles. The summed E-state index contributed by atoms with van der Waals surface area (Å²) >= 11 is 1.55. The zero-order chi connectivity index (χ0) is 22.7. The Hall–Kier alpha value is -2.61. The maximum absolute atomic E-state index is 13.5. The maximum atomic E-state index is 13.5. The number of amides is 1. The number of carbonyl (C=O) groups is 2. The minimum absolute atomic E-state index is 0.0108. The molecule has 0 atom stereocenters. The van der Waals surface area contributed by atoms with Gasteiger partial charge in [0.15, 0.2) is 10.9 Å². The molecule has 0 unspecified atom stereocenters. The summed E-state index contributed by atoms with van der Waals surface area (Å²) in [5.74, 6) is -0.0982. The number of hydrogen-bond acceptors (Lipinski definition) is 6. The smallest absolute Gasteiger partial charge is 0.260 e. The zero-order valence-electron chi connectivity index (χ0n) is 18.9. The number of anilines is 1. The first-order valence-electron chi connectivity index (χ1n) is 11.0. The molecule has 2 aromatic carbocycles. The number of morpholine rings is 1. The molecule has 0 radical (unpaired) electrons. The Morgan fingerprint density at radius 3 is 2.44 bits per heavy atom. The van der Waals surface area contributed by atoms with E-state index in [0.717, 1.165) is 60.2 Å². The normalized spacial score (nSPS) is 14.6. The lowest BCUT2D eigenvalue weighted by Crippen LogP contribution is -2.39. The quantitative estimate of drug-likeness (QED) is 0.496. The molecule has 2 heterocycles. The highest BCUT2D eigenvalue weighted by atomic mass is 32.1. The molecule has 1 aromatic heterocycles. The van der Waals surface area contributed by atoms with Gasteiger partial charge in [0.2, 0.25) is 0 Å². The molecular weight excluding hydrogens is 422 g/mol. The van der Waals surface area contributed by atoms with E-state index in [4.69, 9.17) is 9.72 Å². The van der Waals surface area contributed by atoms with Crippen LogP contribution in [-0.4, -0.2) is 61.0 Å². The number of fused-ring (bicyclic) bond motifs is 1. The van der Waals surface area contributed by atoms with Crippen molar-refractivity contribution < 1.29 is 14.3 Å². The topological polar surface area (TPSA) is 62.7 Å². The highest BCUT2D eigenvalue weighted by molar-refractivity contribution is 7.22. The number of nitrogens with zero attached hydrogens (tertiary/aromatic N) is 3. The Balaban J connectivity index is 1.60. The SMILES string of the molecule is CC(=O)c1ccc(C(=O)N(CCCN2CCOCC2)c2nc3c(C)c(C)ccc3s2)cc1. The van der Waals surface area contributed by atoms with Gasteiger partial charge in [0.25, 0.3) is 5.91 Å². The maximum Gasteiger partial charge on any atom is 0.260 e. The summed E-state index contributed by atoms with van der Waals surface area (Å²) in [4.78, 5) is 34.2. The fraction of sp³-hybridized carbons (Fsp3) is 0.400. The lowest BCUT2D eigenvalue weighted by atomic mass is 10.1. The van der Waals surface area contributed by atoms with Gasteiger partial charge >= 0.3 is 0 Å². The Kier molecular flexibility index (Phi) is 6.98. The van der Waals surface area contributed by atoms with E-state index in [1.807, 2.05) is 0 Å². The van der Waals surface area contributed by atoms with Crippen molar-refractivity contribution in [2.75, 3.05) is 44.3 Å². The lowest BCUT2D eigenvalue weighted by Gasteiger charge is -2.27. The van der Waals surface area contributed by atoms with Crippen LogP contribution in [0.25, 0.3) is 10.2 Å². The van der Waals surface area contributed by atoms with Gasteiger partial charge in [-0.3, -0.25) is 19.4 Å². The zero-order valence-corrected chi connectivity index (χ0v) is 19.7. The predicted molar refractivity (Wildman–Crippen MR) is 129 cm³/mol. The van der Waals surface area contributed by atoms with E-state index >= 15 is 0 Å². The fourth-order valence-corrected chi connectivity index (χ4v) is 4.94. The van der Waals surface area contributed by atoms with Crippen molar-refractivity contribution in [3.8, 4) is 0 Å². The van der Waals surface area contributed by atoms with Crippen LogP contribution < -0.4 is 4.90 Å². The number of hydrogen-bond donors (Lipinski definition) is 0. The molecular formula is C25H29N3O3S. The molecule has 4 rings (SSSR count). The number of benzene rings is 2. The molecule has 1 amide bonds. The standard InChI is InChI=1S/C25H29N3O3S/c1-17-5-10-22-23(18(17)2)26-25(32-22)28(12-4-11-27-13-15-31-16-14-27)24(30)21-8-6-20(7-9-21)19(3)29/h5-10H,4,11-16H2,1-3H3. The van der Waals surface area contributed by atoms with Gasteiger partial charge in [-0.1, -0.05) is 29.5 Å². The van der Waals surface area contributed by atoms with E-state index in [1.54, 1.807) is 40.5 Å². The number of ketones is 1. The van der Waals surface area contributed by atoms with Crippen LogP contribution in [0.15, 0.2) is 36.4 Å². The molecule has 168 valence electrons. The summed E-state index contributed by atoms with van der Waals surface area (Å²) in [5.41, 5.74) is 4.47. The van der Waals surface area contributed by atoms with Crippen molar-refractivity contribution in [3.05, 3.63) is 58.7 Å². The second kappa shape index (κ2) is 9.90. The number of aryl methyl sites for hydroxylation is 2. The van der Waals surface area contributed by atoms with E-state index in [0.29, 0.717) is 17.7 Å². The summed E-state index contributed by atoms with van der Waals surface area (Å²) in [6, 6.07) is 11.1. The second-order valence-electron chi connectivity index (χ2n) is 8.25. The molecule has 1 fully saturated rings. The summed E-state index contributed by atoms with van der Waals surface area (Å²) in [7, 11) is 0. The number of carbonyl (C=O) groups excluding carboxylic acids is 2. The van der Waals surface area contributed by atoms with E-state index in [2.05, 4.69) is 30.9 Å². The molecule has 32 heavy (non-hydrogen) atoms. The first-order chi connectivity index (χ1) is 15.4. The third kappa shape index (κ3) is 4.90. The Bertz CT molecular complexity index is 1120. The molecule has 0 spiro atoms. The van der Waals surface area contributed by atoms with Crippen molar-refractivity contribution in [2.24, 2.45) is 0 Å². The van der Waals surface area contributed by atoms with Gasteiger partial charge in [0.05, 0.1) is 23.4 Å². The Morgan fingerprint density at radius 2 is 1.75 bits per heavy atom. The van der Waals surface area contributed by atoms with Crippen LogP contribution in [0.4, 0.5) is 5.13 Å². The van der Waals surface area contributed by atoms with Gasteiger partial charge in [0, 0.05) is 37.3 Å². The lowest BCUT2D eigenvalue weighted by molar-refractivity contribution is 0.0376. The molecule has 7 heteroatoms. The van der Waals surface area contributed by atoms with Crippen LogP contribution in [0, 0.1) is 13.8 Å². The van der Waals surface area contributed by atoms with Gasteiger partial charge in [-0.15, -0.1) is 0 Å². The van der Waals surface area contributed by atoms with E-state index in [-0.39, 0.29) is 11.7 Å². The Morgan fingerprint density at radius 1 is 1.06 bits per heavy atom. The average Bonchev–Trinajstić information content (AvgIpc) is 3.24. The average molecular weight is 452 g/mol. The van der Waals surface area contributed by atoms with Crippen molar-refractivity contribution >= 4 is 38.4 Å². The number of aromatic nitrogens is 1. The summed E-state index contributed by atoms with van der Waals surface area (Å²) in [5, 5.41) is 0.719. The van der Waals surface area contributed by atoms with Gasteiger partial charge in [0.1, 0.15) is 0 Å². The Labute approximate surface area is 192 Å². The van der Waals surface area contributed by atoms with Gasteiger partial charge in [-0.05, 0) is 56.5 Å². The van der Waals surface area contributed by atoms with Crippen molar-refractivity contribution in [2.45, 2.75) is 27.2 Å². The third-order valence-corrected chi connectivity index (χ3v) is 7.09. The molecule has 0 N–H and O–H groups in total. The molecule has 0 saturated carbocycles. The highest BCUT2D eigenvalue weighted by Gasteiger charge is 2.22. The van der Waals surface area contributed by atoms with Crippen LogP contribution in [-0.2, 0) is 4.74 Å². The van der Waals surface area contributed by atoms with E-state index in [9.17, 15) is 9.59 Å². The first kappa shape index (κ1) is 22.6. The van der Waals surface area contributed by atoms with Crippen LogP contribution in [0.5, 0.6) is 0 Å².